The highest BCUT2D eigenvalue weighted by Crippen LogP contribution is 2.02. The summed E-state index contributed by atoms with van der Waals surface area (Å²) in [5.41, 5.74) is 0.887. The van der Waals surface area contributed by atoms with Gasteiger partial charge in [0.2, 0.25) is 0 Å². The molecule has 0 unspecified atom stereocenters. The Balaban J connectivity index is 2.88. The predicted molar refractivity (Wildman–Crippen MR) is 42.0 cm³/mol. The molecule has 64 valence electrons. The first-order chi connectivity index (χ1) is 5.74. The monoisotopic (exact) mass is 167 g/mol. The Kier molecular flexibility index (Phi) is 2.76. The molecule has 0 bridgehead atoms. The second-order valence-corrected chi connectivity index (χ2v) is 2.36. The zero-order chi connectivity index (χ0) is 8.97. The van der Waals surface area contributed by atoms with Crippen molar-refractivity contribution < 1.29 is 15.0 Å². The lowest BCUT2D eigenvalue weighted by Gasteiger charge is -1.98. The molecule has 0 aromatic carbocycles. The van der Waals surface area contributed by atoms with Gasteiger partial charge >= 0.3 is 5.97 Å². The molecule has 0 aliphatic rings. The highest BCUT2D eigenvalue weighted by atomic mass is 16.4. The minimum absolute atomic E-state index is 0.00471. The normalized spacial score (nSPS) is 9.75. The average Bonchev–Trinajstić information content (AvgIpc) is 2.05. The van der Waals surface area contributed by atoms with Crippen LogP contribution in [0.1, 0.15) is 15.9 Å². The van der Waals surface area contributed by atoms with Crippen LogP contribution in [0.2, 0.25) is 0 Å². The van der Waals surface area contributed by atoms with Crippen molar-refractivity contribution in [1.29, 1.82) is 0 Å². The van der Waals surface area contributed by atoms with E-state index in [1.165, 1.54) is 12.3 Å². The van der Waals surface area contributed by atoms with E-state index in [2.05, 4.69) is 4.98 Å². The summed E-state index contributed by atoms with van der Waals surface area (Å²) in [6.07, 6.45) is 3.26. The van der Waals surface area contributed by atoms with Gasteiger partial charge in [-0.1, -0.05) is 0 Å². The van der Waals surface area contributed by atoms with Gasteiger partial charge in [-0.05, 0) is 18.1 Å². The summed E-state index contributed by atoms with van der Waals surface area (Å²) < 4.78 is 0. The van der Waals surface area contributed by atoms with E-state index in [0.717, 1.165) is 5.56 Å². The average molecular weight is 167 g/mol. The number of aliphatic hydroxyl groups excluding tert-OH is 1. The smallest absolute Gasteiger partial charge is 0.337 e. The summed E-state index contributed by atoms with van der Waals surface area (Å²) in [5.74, 6) is -0.998. The Hall–Kier alpha value is -1.42. The van der Waals surface area contributed by atoms with Crippen molar-refractivity contribution >= 4 is 5.97 Å². The zero-order valence-electron chi connectivity index (χ0n) is 6.40. The molecule has 4 nitrogen and oxygen atoms in total. The van der Waals surface area contributed by atoms with Crippen molar-refractivity contribution in [3.8, 4) is 0 Å². The minimum atomic E-state index is -0.998. The van der Waals surface area contributed by atoms with Gasteiger partial charge in [0.05, 0.1) is 5.56 Å². The molecule has 0 amide bonds. The number of carboxylic acid groups (broad SMARTS) is 1. The maximum absolute atomic E-state index is 10.5. The van der Waals surface area contributed by atoms with Crippen LogP contribution >= 0.6 is 0 Å². The van der Waals surface area contributed by atoms with Crippen molar-refractivity contribution in [2.75, 3.05) is 6.61 Å². The first-order valence-electron chi connectivity index (χ1n) is 3.52. The van der Waals surface area contributed by atoms with Gasteiger partial charge in [0, 0.05) is 19.0 Å². The van der Waals surface area contributed by atoms with Gasteiger partial charge in [-0.3, -0.25) is 4.98 Å². The predicted octanol–water partition coefficient (Wildman–Crippen LogP) is 0.315. The molecule has 0 saturated heterocycles. The Bertz CT molecular complexity index is 285. The molecular weight excluding hydrogens is 158 g/mol. The number of rotatable bonds is 3. The van der Waals surface area contributed by atoms with Crippen LogP contribution in [-0.2, 0) is 6.42 Å². The third-order valence-electron chi connectivity index (χ3n) is 1.44. The number of pyridine rings is 1. The highest BCUT2D eigenvalue weighted by molar-refractivity contribution is 5.87. The lowest BCUT2D eigenvalue weighted by atomic mass is 10.1. The Labute approximate surface area is 69.5 Å². The Morgan fingerprint density at radius 2 is 2.25 bits per heavy atom. The van der Waals surface area contributed by atoms with E-state index in [4.69, 9.17) is 10.2 Å². The molecule has 1 rings (SSSR count). The maximum atomic E-state index is 10.5. The summed E-state index contributed by atoms with van der Waals surface area (Å²) in [4.78, 5) is 14.2. The third kappa shape index (κ3) is 2.03. The molecule has 4 heteroatoms. The van der Waals surface area contributed by atoms with E-state index in [-0.39, 0.29) is 12.2 Å². The fraction of sp³-hybridized carbons (Fsp3) is 0.250. The second-order valence-electron chi connectivity index (χ2n) is 2.36. The molecule has 0 aliphatic heterocycles. The number of carboxylic acids is 1. The van der Waals surface area contributed by atoms with Gasteiger partial charge < -0.3 is 10.2 Å². The number of aliphatic hydroxyl groups is 1. The molecule has 0 atom stereocenters. The van der Waals surface area contributed by atoms with Crippen LogP contribution in [-0.4, -0.2) is 27.8 Å². The minimum Gasteiger partial charge on any atom is -0.478 e. The van der Waals surface area contributed by atoms with Crippen LogP contribution < -0.4 is 0 Å². The molecule has 2 N–H and O–H groups in total. The first kappa shape index (κ1) is 8.67. The molecular formula is C8H9NO3. The van der Waals surface area contributed by atoms with Crippen molar-refractivity contribution in [3.63, 3.8) is 0 Å². The molecule has 0 aliphatic carbocycles. The van der Waals surface area contributed by atoms with Crippen LogP contribution in [0.3, 0.4) is 0 Å². The summed E-state index contributed by atoms with van der Waals surface area (Å²) in [6, 6.07) is 1.51. The summed E-state index contributed by atoms with van der Waals surface area (Å²) in [5, 5.41) is 17.1. The van der Waals surface area contributed by atoms with Crippen molar-refractivity contribution in [1.82, 2.24) is 4.98 Å². The number of hydrogen-bond acceptors (Lipinski definition) is 3. The van der Waals surface area contributed by atoms with Gasteiger partial charge in [-0.2, -0.15) is 0 Å². The maximum Gasteiger partial charge on any atom is 0.337 e. The number of carbonyl (C=O) groups is 1. The number of aromatic nitrogens is 1. The van der Waals surface area contributed by atoms with Crippen molar-refractivity contribution in [2.24, 2.45) is 0 Å². The van der Waals surface area contributed by atoms with Gasteiger partial charge in [-0.25, -0.2) is 4.79 Å². The lowest BCUT2D eigenvalue weighted by Crippen LogP contribution is -1.99. The third-order valence-corrected chi connectivity index (χ3v) is 1.44. The summed E-state index contributed by atoms with van der Waals surface area (Å²) >= 11 is 0. The Morgan fingerprint density at radius 1 is 1.50 bits per heavy atom. The van der Waals surface area contributed by atoms with Crippen LogP contribution in [0.4, 0.5) is 0 Å². The number of hydrogen-bond donors (Lipinski definition) is 2. The van der Waals surface area contributed by atoms with E-state index in [0.29, 0.717) is 6.42 Å². The fourth-order valence-electron chi connectivity index (χ4n) is 0.870. The van der Waals surface area contributed by atoms with Gasteiger partial charge in [0.25, 0.3) is 0 Å². The van der Waals surface area contributed by atoms with Crippen molar-refractivity contribution in [3.05, 3.63) is 29.6 Å². The largest absolute Gasteiger partial charge is 0.478 e. The molecule has 1 heterocycles. The summed E-state index contributed by atoms with van der Waals surface area (Å²) in [7, 11) is 0. The second kappa shape index (κ2) is 3.82. The standard InChI is InChI=1S/C8H9NO3/c10-2-1-6-3-7(8(11)12)5-9-4-6/h3-5,10H,1-2H2,(H,11,12). The van der Waals surface area contributed by atoms with E-state index in [1.54, 1.807) is 6.20 Å². The molecule has 1 aromatic rings. The lowest BCUT2D eigenvalue weighted by molar-refractivity contribution is 0.0696. The van der Waals surface area contributed by atoms with E-state index >= 15 is 0 Å². The zero-order valence-corrected chi connectivity index (χ0v) is 6.40. The van der Waals surface area contributed by atoms with E-state index < -0.39 is 5.97 Å². The van der Waals surface area contributed by atoms with Crippen molar-refractivity contribution in [2.45, 2.75) is 6.42 Å². The quantitative estimate of drug-likeness (QED) is 0.679. The molecule has 1 aromatic heterocycles. The number of nitrogens with zero attached hydrogens (tertiary/aromatic N) is 1. The van der Waals surface area contributed by atoms with Crippen LogP contribution in [0.25, 0.3) is 0 Å². The fourth-order valence-corrected chi connectivity index (χ4v) is 0.870. The first-order valence-corrected chi connectivity index (χ1v) is 3.52. The molecule has 0 spiro atoms. The molecule has 12 heavy (non-hydrogen) atoms. The molecule has 0 radical (unpaired) electrons. The van der Waals surface area contributed by atoms with E-state index in [9.17, 15) is 4.79 Å². The Morgan fingerprint density at radius 3 is 2.83 bits per heavy atom. The van der Waals surface area contributed by atoms with Crippen LogP contribution in [0.15, 0.2) is 18.5 Å². The van der Waals surface area contributed by atoms with Gasteiger partial charge in [0.15, 0.2) is 0 Å². The number of aromatic carboxylic acids is 1. The highest BCUT2D eigenvalue weighted by Gasteiger charge is 2.02. The SMILES string of the molecule is O=C(O)c1cncc(CCO)c1. The van der Waals surface area contributed by atoms with Gasteiger partial charge in [0.1, 0.15) is 0 Å². The molecule has 0 saturated carbocycles. The summed E-state index contributed by atoms with van der Waals surface area (Å²) in [6.45, 7) is 0.00471. The van der Waals surface area contributed by atoms with E-state index in [1.807, 2.05) is 0 Å². The van der Waals surface area contributed by atoms with Crippen LogP contribution in [0.5, 0.6) is 0 Å². The molecule has 0 fully saturated rings. The topological polar surface area (TPSA) is 70.4 Å². The van der Waals surface area contributed by atoms with Crippen LogP contribution in [0, 0.1) is 0 Å². The van der Waals surface area contributed by atoms with Gasteiger partial charge in [-0.15, -0.1) is 0 Å².